The van der Waals surface area contributed by atoms with Crippen LogP contribution in [0.5, 0.6) is 0 Å². The average Bonchev–Trinajstić information content (AvgIpc) is 2.59. The number of rotatable bonds is 3. The summed E-state index contributed by atoms with van der Waals surface area (Å²) in [6.07, 6.45) is 1.93. The Morgan fingerprint density at radius 3 is 2.20 bits per heavy atom. The topological polar surface area (TPSA) is 44.4 Å². The molecule has 2 aromatic carbocycles. The number of piperidine rings is 1. The first-order valence-corrected chi connectivity index (χ1v) is 8.98. The molecule has 2 aromatic rings. The van der Waals surface area contributed by atoms with Crippen LogP contribution in [0.1, 0.15) is 29.5 Å². The van der Waals surface area contributed by atoms with Crippen LogP contribution in [0.4, 0.5) is 16.2 Å². The third-order valence-corrected chi connectivity index (χ3v) is 4.87. The molecule has 1 heterocycles. The summed E-state index contributed by atoms with van der Waals surface area (Å²) in [4.78, 5) is 14.8. The number of anilines is 2. The van der Waals surface area contributed by atoms with Gasteiger partial charge in [-0.05, 0) is 56.9 Å². The number of hydrogen-bond donors (Lipinski definition) is 2. The molecule has 4 nitrogen and oxygen atoms in total. The highest BCUT2D eigenvalue weighted by atomic mass is 16.2. The third-order valence-electron chi connectivity index (χ3n) is 4.87. The number of amides is 2. The summed E-state index contributed by atoms with van der Waals surface area (Å²) in [5.41, 5.74) is 5.61. The molecule has 132 valence electrons. The van der Waals surface area contributed by atoms with Crippen LogP contribution >= 0.6 is 0 Å². The molecule has 25 heavy (non-hydrogen) atoms. The number of carbonyl (C=O) groups excluding carboxylic acids is 1. The third kappa shape index (κ3) is 4.32. The van der Waals surface area contributed by atoms with Crippen LogP contribution in [0, 0.1) is 20.8 Å². The Kier molecular flexibility index (Phi) is 5.27. The number of aryl methyl sites for hydroxylation is 3. The van der Waals surface area contributed by atoms with E-state index in [4.69, 9.17) is 0 Å². The summed E-state index contributed by atoms with van der Waals surface area (Å²) in [5.74, 6) is 0. The first kappa shape index (κ1) is 17.3. The van der Waals surface area contributed by atoms with Gasteiger partial charge in [0.2, 0.25) is 0 Å². The lowest BCUT2D eigenvalue weighted by Crippen LogP contribution is -2.46. The molecule has 1 aliphatic heterocycles. The average molecular weight is 337 g/mol. The van der Waals surface area contributed by atoms with E-state index in [-0.39, 0.29) is 12.1 Å². The number of para-hydroxylation sites is 1. The van der Waals surface area contributed by atoms with Crippen molar-refractivity contribution in [3.63, 3.8) is 0 Å². The van der Waals surface area contributed by atoms with Gasteiger partial charge in [0.25, 0.3) is 0 Å². The number of nitrogens with zero attached hydrogens (tertiary/aromatic N) is 1. The molecule has 2 N–H and O–H groups in total. The minimum atomic E-state index is -0.104. The fraction of sp³-hybridized carbons (Fsp3) is 0.381. The number of carbonyl (C=O) groups is 1. The van der Waals surface area contributed by atoms with Gasteiger partial charge < -0.3 is 15.5 Å². The van der Waals surface area contributed by atoms with Crippen molar-refractivity contribution >= 4 is 17.4 Å². The van der Waals surface area contributed by atoms with Crippen molar-refractivity contribution in [1.82, 2.24) is 5.32 Å². The molecule has 3 rings (SSSR count). The number of benzene rings is 2. The molecule has 0 radical (unpaired) electrons. The van der Waals surface area contributed by atoms with Gasteiger partial charge >= 0.3 is 6.03 Å². The van der Waals surface area contributed by atoms with E-state index < -0.39 is 0 Å². The van der Waals surface area contributed by atoms with Crippen molar-refractivity contribution in [2.45, 2.75) is 39.7 Å². The molecule has 0 bridgehead atoms. The fourth-order valence-electron chi connectivity index (χ4n) is 3.63. The van der Waals surface area contributed by atoms with Crippen LogP contribution in [0.3, 0.4) is 0 Å². The van der Waals surface area contributed by atoms with E-state index in [1.165, 1.54) is 11.3 Å². The fourth-order valence-corrected chi connectivity index (χ4v) is 3.63. The molecular formula is C21H27N3O. The maximum absolute atomic E-state index is 12.4. The van der Waals surface area contributed by atoms with Gasteiger partial charge in [-0.1, -0.05) is 35.9 Å². The maximum Gasteiger partial charge on any atom is 0.319 e. The molecule has 1 saturated heterocycles. The summed E-state index contributed by atoms with van der Waals surface area (Å²) in [6.45, 7) is 8.08. The maximum atomic E-state index is 12.4. The normalized spacial score (nSPS) is 15.1. The van der Waals surface area contributed by atoms with E-state index in [0.717, 1.165) is 42.7 Å². The van der Waals surface area contributed by atoms with Crippen LogP contribution in [-0.2, 0) is 0 Å². The minimum absolute atomic E-state index is 0.104. The van der Waals surface area contributed by atoms with Crippen LogP contribution in [0.15, 0.2) is 42.5 Å². The number of urea groups is 1. The molecule has 0 unspecified atom stereocenters. The lowest BCUT2D eigenvalue weighted by molar-refractivity contribution is 0.246. The van der Waals surface area contributed by atoms with E-state index in [9.17, 15) is 4.79 Å². The molecule has 0 atom stereocenters. The largest absolute Gasteiger partial charge is 0.371 e. The predicted molar refractivity (Wildman–Crippen MR) is 104 cm³/mol. The summed E-state index contributed by atoms with van der Waals surface area (Å²) in [5, 5.41) is 6.16. The summed E-state index contributed by atoms with van der Waals surface area (Å²) in [6, 6.07) is 14.8. The van der Waals surface area contributed by atoms with Crippen LogP contribution in [-0.4, -0.2) is 25.2 Å². The Morgan fingerprint density at radius 2 is 1.60 bits per heavy atom. The standard InChI is InChI=1S/C21H27N3O/c1-15-13-16(2)20(17(3)14-15)23-21(25)22-18-9-11-24(12-10-18)19-7-5-4-6-8-19/h4-8,13-14,18H,9-12H2,1-3H3,(H2,22,23,25). The zero-order valence-electron chi connectivity index (χ0n) is 15.3. The Bertz CT molecular complexity index is 711. The van der Waals surface area contributed by atoms with Gasteiger partial charge in [0.1, 0.15) is 0 Å². The lowest BCUT2D eigenvalue weighted by atomic mass is 10.0. The summed E-state index contributed by atoms with van der Waals surface area (Å²) in [7, 11) is 0. The quantitative estimate of drug-likeness (QED) is 0.872. The second kappa shape index (κ2) is 7.60. The van der Waals surface area contributed by atoms with E-state index in [0.29, 0.717) is 0 Å². The first-order chi connectivity index (χ1) is 12.0. The Balaban J connectivity index is 1.53. The van der Waals surface area contributed by atoms with Crippen LogP contribution in [0.2, 0.25) is 0 Å². The van der Waals surface area contributed by atoms with Crippen LogP contribution < -0.4 is 15.5 Å². The molecule has 0 aromatic heterocycles. The van der Waals surface area contributed by atoms with Gasteiger partial charge in [0.05, 0.1) is 0 Å². The van der Waals surface area contributed by atoms with Crippen molar-refractivity contribution < 1.29 is 4.79 Å². The van der Waals surface area contributed by atoms with Gasteiger partial charge in [-0.15, -0.1) is 0 Å². The van der Waals surface area contributed by atoms with Crippen LogP contribution in [0.25, 0.3) is 0 Å². The summed E-state index contributed by atoms with van der Waals surface area (Å²) >= 11 is 0. The highest BCUT2D eigenvalue weighted by Crippen LogP contribution is 2.22. The zero-order valence-corrected chi connectivity index (χ0v) is 15.3. The second-order valence-electron chi connectivity index (χ2n) is 6.97. The van der Waals surface area contributed by atoms with Crippen molar-refractivity contribution in [3.05, 3.63) is 59.2 Å². The van der Waals surface area contributed by atoms with Crippen molar-refractivity contribution in [2.24, 2.45) is 0 Å². The predicted octanol–water partition coefficient (Wildman–Crippen LogP) is 4.40. The SMILES string of the molecule is Cc1cc(C)c(NC(=O)NC2CCN(c3ccccc3)CC2)c(C)c1. The zero-order chi connectivity index (χ0) is 17.8. The molecule has 1 fully saturated rings. The molecule has 4 heteroatoms. The smallest absolute Gasteiger partial charge is 0.319 e. The summed E-state index contributed by atoms with van der Waals surface area (Å²) < 4.78 is 0. The van der Waals surface area contributed by atoms with Crippen molar-refractivity contribution in [1.29, 1.82) is 0 Å². The molecular weight excluding hydrogens is 310 g/mol. The van der Waals surface area contributed by atoms with E-state index in [2.05, 4.69) is 58.9 Å². The van der Waals surface area contributed by atoms with E-state index >= 15 is 0 Å². The van der Waals surface area contributed by atoms with Gasteiger partial charge in [-0.25, -0.2) is 4.79 Å². The minimum Gasteiger partial charge on any atom is -0.371 e. The molecule has 2 amide bonds. The van der Waals surface area contributed by atoms with E-state index in [1.54, 1.807) is 0 Å². The highest BCUT2D eigenvalue weighted by Gasteiger charge is 2.21. The van der Waals surface area contributed by atoms with Gasteiger partial charge in [-0.3, -0.25) is 0 Å². The Hall–Kier alpha value is -2.49. The van der Waals surface area contributed by atoms with Crippen molar-refractivity contribution in [3.8, 4) is 0 Å². The number of hydrogen-bond acceptors (Lipinski definition) is 2. The van der Waals surface area contributed by atoms with E-state index in [1.807, 2.05) is 19.9 Å². The number of nitrogens with one attached hydrogen (secondary N) is 2. The van der Waals surface area contributed by atoms with Gasteiger partial charge in [-0.2, -0.15) is 0 Å². The second-order valence-corrected chi connectivity index (χ2v) is 6.97. The monoisotopic (exact) mass is 337 g/mol. The lowest BCUT2D eigenvalue weighted by Gasteiger charge is -2.34. The first-order valence-electron chi connectivity index (χ1n) is 8.98. The molecule has 0 aliphatic carbocycles. The van der Waals surface area contributed by atoms with Crippen molar-refractivity contribution in [2.75, 3.05) is 23.3 Å². The van der Waals surface area contributed by atoms with Gasteiger partial charge in [0.15, 0.2) is 0 Å². The molecule has 1 aliphatic rings. The molecule has 0 spiro atoms. The Morgan fingerprint density at radius 1 is 1.00 bits per heavy atom. The Labute approximate surface area is 150 Å². The van der Waals surface area contributed by atoms with Gasteiger partial charge in [0, 0.05) is 30.5 Å². The highest BCUT2D eigenvalue weighted by molar-refractivity contribution is 5.91. The molecule has 0 saturated carbocycles.